The van der Waals surface area contributed by atoms with E-state index in [1.54, 1.807) is 0 Å². The van der Waals surface area contributed by atoms with Crippen LogP contribution in [0.25, 0.3) is 0 Å². The zero-order valence-electron chi connectivity index (χ0n) is 10.3. The molecule has 0 amide bonds. The molecule has 0 aromatic carbocycles. The minimum absolute atomic E-state index is 0.0447. The second kappa shape index (κ2) is 3.74. The van der Waals surface area contributed by atoms with Crippen LogP contribution in [0.2, 0.25) is 19.6 Å². The molecule has 0 spiro atoms. The number of allylic oxidation sites excluding steroid dienone is 3. The summed E-state index contributed by atoms with van der Waals surface area (Å²) in [7, 11) is -1.43. The van der Waals surface area contributed by atoms with E-state index in [0.717, 1.165) is 12.0 Å². The number of nitro groups is 1. The van der Waals surface area contributed by atoms with E-state index >= 15 is 0 Å². The molecule has 0 radical (unpaired) electrons. The van der Waals surface area contributed by atoms with Crippen molar-refractivity contribution >= 4 is 8.07 Å². The molecule has 2 atom stereocenters. The first-order valence-corrected chi connectivity index (χ1v) is 9.18. The summed E-state index contributed by atoms with van der Waals surface area (Å²) in [6.07, 6.45) is 2.31. The van der Waals surface area contributed by atoms with Crippen LogP contribution in [-0.4, -0.2) is 13.0 Å². The molecule has 0 bridgehead atoms. The highest BCUT2D eigenvalue weighted by molar-refractivity contribution is 6.83. The third-order valence-electron chi connectivity index (χ3n) is 2.94. The van der Waals surface area contributed by atoms with Gasteiger partial charge in [-0.15, -0.1) is 5.54 Å². The van der Waals surface area contributed by atoms with Gasteiger partial charge in [-0.3, -0.25) is 10.1 Å². The number of rotatable bonds is 1. The number of hydrogen-bond donors (Lipinski definition) is 1. The summed E-state index contributed by atoms with van der Waals surface area (Å²) in [6, 6.07) is 0. The molecule has 0 aromatic rings. The van der Waals surface area contributed by atoms with Gasteiger partial charge in [0.1, 0.15) is 8.07 Å². The van der Waals surface area contributed by atoms with E-state index in [0.29, 0.717) is 5.70 Å². The molecule has 2 aliphatic carbocycles. The molecule has 0 aromatic heterocycles. The number of fused-ring (bicyclic) bond motifs is 1. The first-order chi connectivity index (χ1) is 7.79. The molecule has 90 valence electrons. The minimum Gasteiger partial charge on any atom is -0.398 e. The van der Waals surface area contributed by atoms with Crippen LogP contribution in [0.5, 0.6) is 0 Å². The Morgan fingerprint density at radius 3 is 2.65 bits per heavy atom. The van der Waals surface area contributed by atoms with Gasteiger partial charge in [0.2, 0.25) is 0 Å². The SMILES string of the molecule is C[Si](C)(C)C#CC1=C(N)C=C([N+](=O)[O-])C2CC12. The lowest BCUT2D eigenvalue weighted by molar-refractivity contribution is -0.430. The van der Waals surface area contributed by atoms with E-state index in [1.807, 2.05) is 0 Å². The van der Waals surface area contributed by atoms with Gasteiger partial charge in [0.05, 0.1) is 10.8 Å². The molecule has 0 saturated heterocycles. The van der Waals surface area contributed by atoms with Crippen LogP contribution < -0.4 is 5.73 Å². The van der Waals surface area contributed by atoms with Crippen LogP contribution in [0.1, 0.15) is 6.42 Å². The highest BCUT2D eigenvalue weighted by atomic mass is 28.3. The Morgan fingerprint density at radius 2 is 2.12 bits per heavy atom. The highest BCUT2D eigenvalue weighted by Crippen LogP contribution is 2.52. The van der Waals surface area contributed by atoms with Crippen molar-refractivity contribution in [1.82, 2.24) is 0 Å². The maximum atomic E-state index is 10.8. The van der Waals surface area contributed by atoms with Crippen LogP contribution in [0.15, 0.2) is 23.0 Å². The Labute approximate surface area is 102 Å². The number of hydrogen-bond acceptors (Lipinski definition) is 3. The Hall–Kier alpha value is -1.54. The molecular formula is C12H16N2O2Si. The summed E-state index contributed by atoms with van der Waals surface area (Å²) in [5, 5.41) is 10.8. The molecule has 17 heavy (non-hydrogen) atoms. The van der Waals surface area contributed by atoms with Crippen LogP contribution in [-0.2, 0) is 0 Å². The van der Waals surface area contributed by atoms with Crippen LogP contribution in [0.4, 0.5) is 0 Å². The number of nitrogens with zero attached hydrogens (tertiary/aromatic N) is 1. The summed E-state index contributed by atoms with van der Waals surface area (Å²) in [5.41, 5.74) is 10.8. The quantitative estimate of drug-likeness (QED) is 0.333. The van der Waals surface area contributed by atoms with Gasteiger partial charge >= 0.3 is 0 Å². The monoisotopic (exact) mass is 248 g/mol. The summed E-state index contributed by atoms with van der Waals surface area (Å²) in [4.78, 5) is 10.5. The summed E-state index contributed by atoms with van der Waals surface area (Å²) in [5.74, 6) is 3.40. The van der Waals surface area contributed by atoms with Gasteiger partial charge in [0, 0.05) is 23.3 Å². The van der Waals surface area contributed by atoms with Crippen molar-refractivity contribution in [1.29, 1.82) is 0 Å². The van der Waals surface area contributed by atoms with Crippen LogP contribution in [0, 0.1) is 33.4 Å². The predicted octanol–water partition coefficient (Wildman–Crippen LogP) is 1.89. The van der Waals surface area contributed by atoms with Gasteiger partial charge in [-0.25, -0.2) is 0 Å². The van der Waals surface area contributed by atoms with Crippen molar-refractivity contribution in [3.8, 4) is 11.5 Å². The first kappa shape index (κ1) is 11.9. The lowest BCUT2D eigenvalue weighted by Gasteiger charge is -2.09. The van der Waals surface area contributed by atoms with Crippen molar-refractivity contribution in [3.05, 3.63) is 33.2 Å². The third kappa shape index (κ3) is 2.42. The van der Waals surface area contributed by atoms with Gasteiger partial charge in [-0.2, -0.15) is 0 Å². The standard InChI is InChI=1S/C12H16N2O2Si/c1-17(2,3)5-4-8-9-6-10(9)12(14(15)16)7-11(8)13/h7,9-10H,6,13H2,1-3H3. The largest absolute Gasteiger partial charge is 0.398 e. The average Bonchev–Trinajstić information content (AvgIpc) is 2.92. The minimum atomic E-state index is -1.43. The summed E-state index contributed by atoms with van der Waals surface area (Å²) < 4.78 is 0. The molecule has 1 saturated carbocycles. The molecule has 0 aliphatic heterocycles. The Balaban J connectivity index is 2.33. The topological polar surface area (TPSA) is 69.2 Å². The molecule has 2 N–H and O–H groups in total. The maximum Gasteiger partial charge on any atom is 0.252 e. The van der Waals surface area contributed by atoms with Crippen LogP contribution >= 0.6 is 0 Å². The lowest BCUT2D eigenvalue weighted by Crippen LogP contribution is -2.17. The second-order valence-corrected chi connectivity index (χ2v) is 10.4. The van der Waals surface area contributed by atoms with Crippen LogP contribution in [0.3, 0.4) is 0 Å². The van der Waals surface area contributed by atoms with Gasteiger partial charge in [0.25, 0.3) is 5.70 Å². The van der Waals surface area contributed by atoms with E-state index in [-0.39, 0.29) is 22.5 Å². The van der Waals surface area contributed by atoms with Gasteiger partial charge < -0.3 is 5.73 Å². The van der Waals surface area contributed by atoms with E-state index in [1.165, 1.54) is 6.08 Å². The van der Waals surface area contributed by atoms with E-state index in [9.17, 15) is 10.1 Å². The molecule has 2 aliphatic rings. The zero-order valence-corrected chi connectivity index (χ0v) is 11.3. The lowest BCUT2D eigenvalue weighted by atomic mass is 10.0. The van der Waals surface area contributed by atoms with Crippen molar-refractivity contribution < 1.29 is 4.92 Å². The molecule has 0 heterocycles. The molecule has 4 nitrogen and oxygen atoms in total. The fourth-order valence-electron chi connectivity index (χ4n) is 2.01. The van der Waals surface area contributed by atoms with Gasteiger partial charge in [-0.1, -0.05) is 25.6 Å². The summed E-state index contributed by atoms with van der Waals surface area (Å²) in [6.45, 7) is 6.51. The maximum absolute atomic E-state index is 10.8. The first-order valence-electron chi connectivity index (χ1n) is 5.68. The molecule has 2 rings (SSSR count). The molecule has 5 heteroatoms. The molecule has 2 unspecified atom stereocenters. The Morgan fingerprint density at radius 1 is 1.47 bits per heavy atom. The molecular weight excluding hydrogens is 232 g/mol. The highest BCUT2D eigenvalue weighted by Gasteiger charge is 2.51. The molecule has 1 fully saturated rings. The van der Waals surface area contributed by atoms with E-state index < -0.39 is 8.07 Å². The Kier molecular flexibility index (Phi) is 2.62. The fraction of sp³-hybridized carbons (Fsp3) is 0.500. The normalized spacial score (nSPS) is 26.6. The fourth-order valence-corrected chi connectivity index (χ4v) is 2.52. The Bertz CT molecular complexity index is 503. The van der Waals surface area contributed by atoms with Crippen molar-refractivity contribution in [2.45, 2.75) is 26.1 Å². The van der Waals surface area contributed by atoms with Gasteiger partial charge in [0.15, 0.2) is 0 Å². The van der Waals surface area contributed by atoms with Crippen molar-refractivity contribution in [2.75, 3.05) is 0 Å². The smallest absolute Gasteiger partial charge is 0.252 e. The second-order valence-electron chi connectivity index (χ2n) is 5.64. The third-order valence-corrected chi connectivity index (χ3v) is 3.81. The predicted molar refractivity (Wildman–Crippen MR) is 69.0 cm³/mol. The zero-order chi connectivity index (χ0) is 12.8. The summed E-state index contributed by atoms with van der Waals surface area (Å²) >= 11 is 0. The van der Waals surface area contributed by atoms with Gasteiger partial charge in [-0.05, 0) is 6.42 Å². The van der Waals surface area contributed by atoms with Crippen molar-refractivity contribution in [3.63, 3.8) is 0 Å². The van der Waals surface area contributed by atoms with Crippen molar-refractivity contribution in [2.24, 2.45) is 17.6 Å². The van der Waals surface area contributed by atoms with E-state index in [2.05, 4.69) is 31.1 Å². The number of nitrogens with two attached hydrogens (primary N) is 1. The van der Waals surface area contributed by atoms with E-state index in [4.69, 9.17) is 5.73 Å². The average molecular weight is 248 g/mol.